The van der Waals surface area contributed by atoms with Gasteiger partial charge in [0.2, 0.25) is 5.91 Å². The number of aromatic nitrogens is 3. The smallest absolute Gasteiger partial charge is 0.377 e. The molecule has 1 unspecified atom stereocenters. The second kappa shape index (κ2) is 14.5. The van der Waals surface area contributed by atoms with E-state index in [4.69, 9.17) is 16.6 Å². The minimum absolute atomic E-state index is 0.0221. The number of fused-ring (bicyclic) bond motifs is 3. The molecule has 0 bridgehead atoms. The zero-order valence-corrected chi connectivity index (χ0v) is 29.4. The summed E-state index contributed by atoms with van der Waals surface area (Å²) in [5.74, 6) is 0.0221. The molecule has 1 aliphatic heterocycles. The minimum atomic E-state index is -0.765. The van der Waals surface area contributed by atoms with E-state index >= 15 is 0 Å². The fourth-order valence-corrected chi connectivity index (χ4v) is 7.98. The molecule has 2 aromatic heterocycles. The van der Waals surface area contributed by atoms with E-state index in [2.05, 4.69) is 66.8 Å². The predicted octanol–water partition coefficient (Wildman–Crippen LogP) is 6.25. The van der Waals surface area contributed by atoms with Crippen LogP contribution in [0.5, 0.6) is 0 Å². The summed E-state index contributed by atoms with van der Waals surface area (Å²) in [6, 6.07) is 25.9. The minimum Gasteiger partial charge on any atom is -0.437 e. The molecule has 2 aliphatic rings. The predicted molar refractivity (Wildman–Crippen MR) is 195 cm³/mol. The molecule has 246 valence electrons. The molecule has 11 heteroatoms. The Hall–Kier alpha value is -3.54. The summed E-state index contributed by atoms with van der Waals surface area (Å²) >= 11 is 10.1. The van der Waals surface area contributed by atoms with E-state index in [1.807, 2.05) is 64.7 Å². The average molecular weight is 726 g/mol. The molecule has 1 aliphatic carbocycles. The summed E-state index contributed by atoms with van der Waals surface area (Å²) in [7, 11) is -0.765. The normalized spacial score (nSPS) is 18.2. The van der Waals surface area contributed by atoms with Gasteiger partial charge in [0.05, 0.1) is 35.1 Å². The van der Waals surface area contributed by atoms with Crippen LogP contribution in [0, 0.1) is 0 Å². The van der Waals surface area contributed by atoms with Crippen LogP contribution in [0.25, 0.3) is 11.0 Å². The molecule has 3 heterocycles. The third-order valence-corrected chi connectivity index (χ3v) is 10.4. The highest BCUT2D eigenvalue weighted by Crippen LogP contribution is 2.38. The SMILES string of the molecule is CB(O)N1CCN(C2c3ccc(Cl)cc3CCc3cc(Br)cnc32)C[C@@H]1C(=O)N(CCCn1cnc2ccccc21)Cc1ccccc1. The van der Waals surface area contributed by atoms with Crippen LogP contribution in [0.3, 0.4) is 0 Å². The number of piperazine rings is 1. The van der Waals surface area contributed by atoms with Crippen LogP contribution in [0.1, 0.15) is 40.4 Å². The number of carbonyl (C=O) groups excluding carboxylic acids is 1. The number of imidazole rings is 1. The van der Waals surface area contributed by atoms with Crippen LogP contribution in [0.15, 0.2) is 95.9 Å². The van der Waals surface area contributed by atoms with Gasteiger partial charge in [0.1, 0.15) is 0 Å². The van der Waals surface area contributed by atoms with Crippen molar-refractivity contribution < 1.29 is 9.82 Å². The molecule has 1 fully saturated rings. The van der Waals surface area contributed by atoms with Crippen molar-refractivity contribution in [2.24, 2.45) is 0 Å². The van der Waals surface area contributed by atoms with Crippen molar-refractivity contribution >= 4 is 51.5 Å². The Balaban J connectivity index is 1.19. The molecule has 1 amide bonds. The summed E-state index contributed by atoms with van der Waals surface area (Å²) in [5.41, 5.74) is 7.74. The summed E-state index contributed by atoms with van der Waals surface area (Å²) in [4.78, 5) is 30.6. The van der Waals surface area contributed by atoms with Gasteiger partial charge in [0.15, 0.2) is 0 Å². The van der Waals surface area contributed by atoms with Gasteiger partial charge in [0, 0.05) is 55.0 Å². The Bertz CT molecular complexity index is 1850. The molecule has 3 aromatic carbocycles. The molecule has 48 heavy (non-hydrogen) atoms. The van der Waals surface area contributed by atoms with Gasteiger partial charge in [-0.1, -0.05) is 60.1 Å². The van der Waals surface area contributed by atoms with Crippen molar-refractivity contribution in [2.45, 2.75) is 51.3 Å². The molecule has 5 aromatic rings. The van der Waals surface area contributed by atoms with Crippen LogP contribution < -0.4 is 0 Å². The lowest BCUT2D eigenvalue weighted by Gasteiger charge is -2.45. The number of benzene rings is 3. The first-order valence-electron chi connectivity index (χ1n) is 16.7. The Morgan fingerprint density at radius 3 is 2.65 bits per heavy atom. The molecule has 0 saturated carbocycles. The second-order valence-corrected chi connectivity index (χ2v) is 14.2. The highest BCUT2D eigenvalue weighted by Gasteiger charge is 2.42. The first-order chi connectivity index (χ1) is 23.4. The second-order valence-electron chi connectivity index (χ2n) is 12.8. The van der Waals surface area contributed by atoms with Crippen molar-refractivity contribution in [3.05, 3.63) is 129 Å². The highest BCUT2D eigenvalue weighted by molar-refractivity contribution is 9.10. The van der Waals surface area contributed by atoms with Crippen LogP contribution in [-0.4, -0.2) is 79.3 Å². The molecule has 1 saturated heterocycles. The van der Waals surface area contributed by atoms with Crippen LogP contribution in [0.4, 0.5) is 0 Å². The molecule has 0 spiro atoms. The molecule has 8 nitrogen and oxygen atoms in total. The fraction of sp³-hybridized carbons (Fsp3) is 0.324. The van der Waals surface area contributed by atoms with Gasteiger partial charge >= 0.3 is 7.05 Å². The quantitative estimate of drug-likeness (QED) is 0.181. The summed E-state index contributed by atoms with van der Waals surface area (Å²) in [5, 5.41) is 11.7. The van der Waals surface area contributed by atoms with E-state index < -0.39 is 13.1 Å². The van der Waals surface area contributed by atoms with E-state index in [1.165, 1.54) is 16.7 Å². The molecular formula is C37H39BBrClN6O2. The molecule has 2 atom stereocenters. The van der Waals surface area contributed by atoms with Gasteiger partial charge in [0.25, 0.3) is 0 Å². The average Bonchev–Trinajstić information content (AvgIpc) is 3.44. The first kappa shape index (κ1) is 33.0. The van der Waals surface area contributed by atoms with Crippen LogP contribution in [0.2, 0.25) is 11.8 Å². The van der Waals surface area contributed by atoms with Gasteiger partial charge in [-0.15, -0.1) is 0 Å². The van der Waals surface area contributed by atoms with Gasteiger partial charge < -0.3 is 19.3 Å². The highest BCUT2D eigenvalue weighted by atomic mass is 79.9. The zero-order chi connectivity index (χ0) is 33.2. The van der Waals surface area contributed by atoms with Crippen molar-refractivity contribution in [3.63, 3.8) is 0 Å². The standard InChI is InChI=1S/C37H39BBrClN6O2/c1-38(48)46-19-18-43(36-31-15-14-30(40)21-27(31)12-13-28-20-29(39)22-41-35(28)36)24-34(46)37(47)44(23-26-8-3-2-4-9-26)16-7-17-45-25-42-32-10-5-6-11-33(32)45/h2-6,8-11,14-15,20-22,25,34,36,48H,7,12-13,16-19,23-24H2,1H3/t34-,36?/m1/s1. The van der Waals surface area contributed by atoms with E-state index in [0.717, 1.165) is 57.6 Å². The maximum absolute atomic E-state index is 14.8. The van der Waals surface area contributed by atoms with Crippen LogP contribution >= 0.6 is 27.5 Å². The number of hydrogen-bond acceptors (Lipinski definition) is 6. The van der Waals surface area contributed by atoms with E-state index in [0.29, 0.717) is 32.7 Å². The maximum atomic E-state index is 14.8. The van der Waals surface area contributed by atoms with Crippen molar-refractivity contribution in [1.82, 2.24) is 29.1 Å². The Morgan fingerprint density at radius 2 is 1.81 bits per heavy atom. The molecule has 7 rings (SSSR count). The number of amides is 1. The van der Waals surface area contributed by atoms with Crippen molar-refractivity contribution in [1.29, 1.82) is 0 Å². The summed E-state index contributed by atoms with van der Waals surface area (Å²) in [6.07, 6.45) is 6.24. The summed E-state index contributed by atoms with van der Waals surface area (Å²) < 4.78 is 3.11. The lowest BCUT2D eigenvalue weighted by Crippen LogP contribution is -2.63. The topological polar surface area (TPSA) is 77.7 Å². The van der Waals surface area contributed by atoms with Gasteiger partial charge in [-0.3, -0.25) is 14.7 Å². The number of pyridine rings is 1. The number of nitrogens with zero attached hydrogens (tertiary/aromatic N) is 6. The Kier molecular flexibility index (Phi) is 9.98. The number of aryl methyl sites for hydroxylation is 3. The molecule has 0 radical (unpaired) electrons. The third-order valence-electron chi connectivity index (χ3n) is 9.76. The largest absolute Gasteiger partial charge is 0.437 e. The maximum Gasteiger partial charge on any atom is 0.377 e. The molecule has 1 N–H and O–H groups in total. The number of hydrogen-bond donors (Lipinski definition) is 1. The lowest BCUT2D eigenvalue weighted by molar-refractivity contribution is -0.138. The molecular weight excluding hydrogens is 687 g/mol. The number of para-hydroxylation sites is 2. The van der Waals surface area contributed by atoms with Gasteiger partial charge in [-0.05, 0) is 94.6 Å². The van der Waals surface area contributed by atoms with E-state index in [1.54, 1.807) is 6.82 Å². The lowest BCUT2D eigenvalue weighted by atomic mass is 9.81. The van der Waals surface area contributed by atoms with Gasteiger partial charge in [-0.2, -0.15) is 0 Å². The fourth-order valence-electron chi connectivity index (χ4n) is 7.40. The first-order valence-corrected chi connectivity index (χ1v) is 17.9. The van der Waals surface area contributed by atoms with Crippen molar-refractivity contribution in [2.75, 3.05) is 26.2 Å². The van der Waals surface area contributed by atoms with Crippen LogP contribution in [-0.2, 0) is 30.7 Å². The number of carbonyl (C=O) groups is 1. The monoisotopic (exact) mass is 724 g/mol. The zero-order valence-electron chi connectivity index (χ0n) is 27.1. The summed E-state index contributed by atoms with van der Waals surface area (Å²) in [6.45, 7) is 5.29. The Labute approximate surface area is 295 Å². The third kappa shape index (κ3) is 6.95. The Morgan fingerprint density at radius 1 is 1.02 bits per heavy atom. The van der Waals surface area contributed by atoms with E-state index in [9.17, 15) is 9.82 Å². The van der Waals surface area contributed by atoms with Gasteiger partial charge in [-0.25, -0.2) is 4.98 Å². The van der Waals surface area contributed by atoms with Crippen molar-refractivity contribution in [3.8, 4) is 0 Å². The number of halogens is 2. The number of rotatable bonds is 9. The van der Waals surface area contributed by atoms with E-state index in [-0.39, 0.29) is 11.9 Å².